The Bertz CT molecular complexity index is 444. The summed E-state index contributed by atoms with van der Waals surface area (Å²) in [6, 6.07) is 5.54. The van der Waals surface area contributed by atoms with Crippen molar-refractivity contribution < 1.29 is 14.5 Å². The fraction of sp³-hybridized carbons (Fsp3) is 0.300. The van der Waals surface area contributed by atoms with Gasteiger partial charge in [0.25, 0.3) is 5.69 Å². The second-order valence-corrected chi connectivity index (χ2v) is 3.11. The van der Waals surface area contributed by atoms with Crippen molar-refractivity contribution in [3.63, 3.8) is 0 Å². The van der Waals surface area contributed by atoms with Gasteiger partial charge in [0.1, 0.15) is 6.54 Å². The predicted molar refractivity (Wildman–Crippen MR) is 62.2 cm³/mol. The van der Waals surface area contributed by atoms with Crippen molar-refractivity contribution in [3.05, 3.63) is 34.4 Å². The topological polar surface area (TPSA) is 106 Å². The standard InChI is InChI=1S/C10H12N4O4/c1-2-18-10(15)7-11-13-12-8-3-5-9(6-4-8)14(16)17/h3-6H,2,7H2,1H3,(H,11,12). The molecule has 0 heterocycles. The number of nitrogens with one attached hydrogen (secondary N) is 1. The molecule has 96 valence electrons. The van der Waals surface area contributed by atoms with Gasteiger partial charge in [-0.2, -0.15) is 0 Å². The van der Waals surface area contributed by atoms with Gasteiger partial charge in [0.05, 0.1) is 17.2 Å². The van der Waals surface area contributed by atoms with Gasteiger partial charge < -0.3 is 4.74 Å². The van der Waals surface area contributed by atoms with Crippen molar-refractivity contribution in [2.45, 2.75) is 6.92 Å². The molecule has 8 heteroatoms. The highest BCUT2D eigenvalue weighted by atomic mass is 16.6. The fourth-order valence-electron chi connectivity index (χ4n) is 1.05. The van der Waals surface area contributed by atoms with Crippen LogP contribution in [-0.4, -0.2) is 24.0 Å². The van der Waals surface area contributed by atoms with Crippen molar-refractivity contribution in [2.24, 2.45) is 10.3 Å². The number of nitrogens with zero attached hydrogens (tertiary/aromatic N) is 3. The van der Waals surface area contributed by atoms with Crippen molar-refractivity contribution in [3.8, 4) is 0 Å². The van der Waals surface area contributed by atoms with E-state index < -0.39 is 10.9 Å². The van der Waals surface area contributed by atoms with Gasteiger partial charge in [-0.3, -0.25) is 20.3 Å². The second kappa shape index (κ2) is 6.94. The van der Waals surface area contributed by atoms with E-state index in [0.717, 1.165) is 0 Å². The van der Waals surface area contributed by atoms with Crippen LogP contribution in [0.5, 0.6) is 0 Å². The highest BCUT2D eigenvalue weighted by Gasteiger charge is 2.03. The molecule has 1 aromatic carbocycles. The average Bonchev–Trinajstić information content (AvgIpc) is 2.35. The summed E-state index contributed by atoms with van der Waals surface area (Å²) in [5, 5.41) is 17.7. The minimum absolute atomic E-state index is 0.0200. The molecule has 0 aliphatic carbocycles. The quantitative estimate of drug-likeness (QED) is 0.359. The van der Waals surface area contributed by atoms with Crippen LogP contribution in [0.25, 0.3) is 0 Å². The van der Waals surface area contributed by atoms with Crippen molar-refractivity contribution >= 4 is 17.3 Å². The molecule has 0 aromatic heterocycles. The van der Waals surface area contributed by atoms with Crippen molar-refractivity contribution in [2.75, 3.05) is 13.2 Å². The van der Waals surface area contributed by atoms with Crippen LogP contribution >= 0.6 is 0 Å². The monoisotopic (exact) mass is 252 g/mol. The Balaban J connectivity index is 2.42. The number of rotatable bonds is 6. The lowest BCUT2D eigenvalue weighted by Gasteiger charge is -1.99. The third-order valence-electron chi connectivity index (χ3n) is 1.83. The maximum Gasteiger partial charge on any atom is 0.327 e. The number of carbonyl (C=O) groups excluding carboxylic acids is 1. The molecule has 0 spiro atoms. The van der Waals surface area contributed by atoms with E-state index >= 15 is 0 Å². The number of hydrogen-bond donors (Lipinski definition) is 1. The molecule has 18 heavy (non-hydrogen) atoms. The van der Waals surface area contributed by atoms with E-state index in [9.17, 15) is 14.9 Å². The van der Waals surface area contributed by atoms with Gasteiger partial charge >= 0.3 is 5.97 Å². The number of hydrogen-bond acceptors (Lipinski definition) is 6. The summed E-state index contributed by atoms with van der Waals surface area (Å²) >= 11 is 0. The lowest BCUT2D eigenvalue weighted by molar-refractivity contribution is -0.384. The summed E-state index contributed by atoms with van der Waals surface area (Å²) in [5.74, 6) is -0.430. The Hall–Kier alpha value is -2.51. The highest BCUT2D eigenvalue weighted by Crippen LogP contribution is 2.17. The van der Waals surface area contributed by atoms with Crippen LogP contribution in [0.1, 0.15) is 6.92 Å². The second-order valence-electron chi connectivity index (χ2n) is 3.11. The molecule has 0 atom stereocenters. The summed E-state index contributed by atoms with van der Waals surface area (Å²) in [7, 11) is 0. The molecule has 0 fully saturated rings. The Morgan fingerprint density at radius 3 is 2.67 bits per heavy atom. The average molecular weight is 252 g/mol. The Labute approximate surface area is 103 Å². The normalized spacial score (nSPS) is 10.3. The van der Waals surface area contributed by atoms with E-state index in [1.54, 1.807) is 6.92 Å². The molecule has 0 bridgehead atoms. The number of ether oxygens (including phenoxy) is 1. The molecule has 1 aromatic rings. The summed E-state index contributed by atoms with van der Waals surface area (Å²) in [6.07, 6.45) is 0. The molecule has 0 aliphatic heterocycles. The molecule has 0 unspecified atom stereocenters. The number of non-ortho nitro benzene ring substituents is 1. The van der Waals surface area contributed by atoms with Gasteiger partial charge in [0.2, 0.25) is 0 Å². The zero-order valence-corrected chi connectivity index (χ0v) is 9.70. The minimum atomic E-state index is -0.500. The summed E-state index contributed by atoms with van der Waals surface area (Å²) in [6.45, 7) is 1.93. The van der Waals surface area contributed by atoms with E-state index in [-0.39, 0.29) is 12.2 Å². The molecular weight excluding hydrogens is 240 g/mol. The predicted octanol–water partition coefficient (Wildman–Crippen LogP) is 1.75. The molecule has 0 saturated carbocycles. The third kappa shape index (κ3) is 4.56. The lowest BCUT2D eigenvalue weighted by Crippen LogP contribution is -2.19. The Morgan fingerprint density at radius 2 is 2.11 bits per heavy atom. The van der Waals surface area contributed by atoms with Crippen LogP contribution in [0.3, 0.4) is 0 Å². The highest BCUT2D eigenvalue weighted by molar-refractivity contribution is 5.71. The summed E-state index contributed by atoms with van der Waals surface area (Å²) < 4.78 is 4.66. The Kier molecular flexibility index (Phi) is 5.23. The van der Waals surface area contributed by atoms with Crippen LogP contribution < -0.4 is 5.43 Å². The van der Waals surface area contributed by atoms with Crippen LogP contribution in [0.15, 0.2) is 34.6 Å². The maximum absolute atomic E-state index is 10.9. The third-order valence-corrected chi connectivity index (χ3v) is 1.83. The summed E-state index contributed by atoms with van der Waals surface area (Å²) in [5.41, 5.74) is 2.83. The van der Waals surface area contributed by atoms with Gasteiger partial charge in [-0.25, -0.2) is 0 Å². The fourth-order valence-corrected chi connectivity index (χ4v) is 1.05. The molecular formula is C10H12N4O4. The number of nitro benzene ring substituents is 1. The molecule has 0 radical (unpaired) electrons. The van der Waals surface area contributed by atoms with E-state index in [2.05, 4.69) is 20.5 Å². The number of esters is 1. The Morgan fingerprint density at radius 1 is 1.44 bits per heavy atom. The van der Waals surface area contributed by atoms with Crippen molar-refractivity contribution in [1.29, 1.82) is 0 Å². The van der Waals surface area contributed by atoms with E-state index in [4.69, 9.17) is 0 Å². The largest absolute Gasteiger partial charge is 0.465 e. The van der Waals surface area contributed by atoms with Gasteiger partial charge in [-0.1, -0.05) is 5.22 Å². The molecule has 0 amide bonds. The number of carbonyl (C=O) groups is 1. The molecule has 8 nitrogen and oxygen atoms in total. The van der Waals surface area contributed by atoms with Crippen LogP contribution in [0.4, 0.5) is 11.4 Å². The van der Waals surface area contributed by atoms with Crippen LogP contribution in [0.2, 0.25) is 0 Å². The first-order valence-corrected chi connectivity index (χ1v) is 5.17. The zero-order valence-electron chi connectivity index (χ0n) is 9.70. The molecule has 0 aliphatic rings. The first kappa shape index (κ1) is 13.6. The lowest BCUT2D eigenvalue weighted by atomic mass is 10.3. The molecule has 1 rings (SSSR count). The minimum Gasteiger partial charge on any atom is -0.465 e. The first-order chi connectivity index (χ1) is 8.63. The van der Waals surface area contributed by atoms with Crippen LogP contribution in [0, 0.1) is 10.1 Å². The van der Waals surface area contributed by atoms with Gasteiger partial charge in [0, 0.05) is 12.1 Å². The zero-order chi connectivity index (χ0) is 13.4. The smallest absolute Gasteiger partial charge is 0.327 e. The molecule has 0 saturated heterocycles. The first-order valence-electron chi connectivity index (χ1n) is 5.17. The molecule has 1 N–H and O–H groups in total. The maximum atomic E-state index is 10.9. The number of nitro groups is 1. The van der Waals surface area contributed by atoms with Gasteiger partial charge in [0.15, 0.2) is 0 Å². The van der Waals surface area contributed by atoms with E-state index in [0.29, 0.717) is 12.3 Å². The van der Waals surface area contributed by atoms with Crippen molar-refractivity contribution in [1.82, 2.24) is 5.43 Å². The van der Waals surface area contributed by atoms with Gasteiger partial charge in [-0.05, 0) is 19.1 Å². The SMILES string of the molecule is CCOC(=O)CN/N=N/c1ccc([N+](=O)[O-])cc1. The summed E-state index contributed by atoms with van der Waals surface area (Å²) in [4.78, 5) is 20.8. The van der Waals surface area contributed by atoms with Crippen LogP contribution in [-0.2, 0) is 9.53 Å². The van der Waals surface area contributed by atoms with E-state index in [1.165, 1.54) is 24.3 Å². The number of benzene rings is 1. The van der Waals surface area contributed by atoms with E-state index in [1.807, 2.05) is 0 Å². The van der Waals surface area contributed by atoms with Gasteiger partial charge in [-0.15, -0.1) is 5.11 Å².